The second-order valence-electron chi connectivity index (χ2n) is 9.85. The summed E-state index contributed by atoms with van der Waals surface area (Å²) in [5, 5.41) is 10.2. The lowest BCUT2D eigenvalue weighted by molar-refractivity contribution is -0.137. The van der Waals surface area contributed by atoms with E-state index in [2.05, 4.69) is 25.1 Å². The SMILES string of the molecule is CCCOc1cc(-c2nc3c(s2)CCCC3)ccc1OCCCOc1ccc2c(c1)CC[C@H]2CC(=O)O. The van der Waals surface area contributed by atoms with E-state index in [0.717, 1.165) is 71.9 Å². The highest BCUT2D eigenvalue weighted by atomic mass is 32.1. The van der Waals surface area contributed by atoms with Gasteiger partial charge in [0.25, 0.3) is 0 Å². The zero-order chi connectivity index (χ0) is 25.6. The zero-order valence-corrected chi connectivity index (χ0v) is 22.3. The van der Waals surface area contributed by atoms with Crippen molar-refractivity contribution in [2.75, 3.05) is 19.8 Å². The lowest BCUT2D eigenvalue weighted by atomic mass is 9.98. The molecule has 3 aromatic rings. The molecule has 1 aromatic heterocycles. The van der Waals surface area contributed by atoms with Gasteiger partial charge in [-0.15, -0.1) is 11.3 Å². The Morgan fingerprint density at radius 1 is 1.00 bits per heavy atom. The number of fused-ring (bicyclic) bond motifs is 2. The van der Waals surface area contributed by atoms with Gasteiger partial charge in [0.2, 0.25) is 0 Å². The van der Waals surface area contributed by atoms with Gasteiger partial charge in [0.15, 0.2) is 11.5 Å². The van der Waals surface area contributed by atoms with Gasteiger partial charge in [-0.1, -0.05) is 13.0 Å². The summed E-state index contributed by atoms with van der Waals surface area (Å²) < 4.78 is 18.1. The Bertz CT molecular complexity index is 1210. The molecule has 0 aliphatic heterocycles. The van der Waals surface area contributed by atoms with E-state index in [1.54, 1.807) is 0 Å². The summed E-state index contributed by atoms with van der Waals surface area (Å²) in [7, 11) is 0. The third kappa shape index (κ3) is 6.27. The maximum absolute atomic E-state index is 11.1. The molecule has 0 spiro atoms. The number of thiazole rings is 1. The van der Waals surface area contributed by atoms with E-state index in [4.69, 9.17) is 24.3 Å². The summed E-state index contributed by atoms with van der Waals surface area (Å²) in [5.41, 5.74) is 4.72. The van der Waals surface area contributed by atoms with Gasteiger partial charge in [0.1, 0.15) is 10.8 Å². The first-order chi connectivity index (χ1) is 18.1. The average Bonchev–Trinajstić information content (AvgIpc) is 3.51. The summed E-state index contributed by atoms with van der Waals surface area (Å²) in [6.07, 6.45) is 8.40. The highest BCUT2D eigenvalue weighted by molar-refractivity contribution is 7.15. The number of hydrogen-bond acceptors (Lipinski definition) is 6. The minimum atomic E-state index is -0.738. The zero-order valence-electron chi connectivity index (χ0n) is 21.5. The molecule has 1 atom stereocenters. The molecular weight excluding hydrogens is 486 g/mol. The van der Waals surface area contributed by atoms with Gasteiger partial charge < -0.3 is 19.3 Å². The molecule has 1 N–H and O–H groups in total. The van der Waals surface area contributed by atoms with Crippen molar-refractivity contribution in [2.45, 2.75) is 70.6 Å². The Balaban J connectivity index is 1.15. The van der Waals surface area contributed by atoms with Crippen molar-refractivity contribution in [3.05, 3.63) is 58.1 Å². The van der Waals surface area contributed by atoms with Crippen molar-refractivity contribution < 1.29 is 24.1 Å². The molecule has 2 aliphatic rings. The summed E-state index contributed by atoms with van der Waals surface area (Å²) in [6.45, 7) is 3.81. The number of ether oxygens (including phenoxy) is 3. The summed E-state index contributed by atoms with van der Waals surface area (Å²) in [6, 6.07) is 12.2. The van der Waals surface area contributed by atoms with Crippen molar-refractivity contribution >= 4 is 17.3 Å². The first-order valence-electron chi connectivity index (χ1n) is 13.5. The first-order valence-corrected chi connectivity index (χ1v) is 14.3. The molecule has 6 nitrogen and oxygen atoms in total. The van der Waals surface area contributed by atoms with Crippen LogP contribution in [0.2, 0.25) is 0 Å². The van der Waals surface area contributed by atoms with Crippen LogP contribution in [0.5, 0.6) is 17.2 Å². The van der Waals surface area contributed by atoms with Crippen molar-refractivity contribution in [1.82, 2.24) is 4.98 Å². The fraction of sp³-hybridized carbons (Fsp3) is 0.467. The van der Waals surface area contributed by atoms with E-state index in [-0.39, 0.29) is 12.3 Å². The third-order valence-corrected chi connectivity index (χ3v) is 8.26. The Kier molecular flexibility index (Phi) is 8.29. The molecule has 0 saturated heterocycles. The second-order valence-corrected chi connectivity index (χ2v) is 10.9. The van der Waals surface area contributed by atoms with Crippen molar-refractivity contribution in [3.63, 3.8) is 0 Å². The van der Waals surface area contributed by atoms with Crippen molar-refractivity contribution in [3.8, 4) is 27.8 Å². The molecule has 196 valence electrons. The molecule has 0 unspecified atom stereocenters. The number of benzene rings is 2. The number of carbonyl (C=O) groups is 1. The van der Waals surface area contributed by atoms with E-state index < -0.39 is 5.97 Å². The largest absolute Gasteiger partial charge is 0.493 e. The normalized spacial score (nSPS) is 16.2. The van der Waals surface area contributed by atoms with Crippen LogP contribution in [0.1, 0.15) is 73.1 Å². The predicted molar refractivity (Wildman–Crippen MR) is 145 cm³/mol. The number of nitrogens with zero attached hydrogens (tertiary/aromatic N) is 1. The van der Waals surface area contributed by atoms with Crippen LogP contribution in [0.4, 0.5) is 0 Å². The van der Waals surface area contributed by atoms with Gasteiger partial charge in [0.05, 0.1) is 31.9 Å². The van der Waals surface area contributed by atoms with Gasteiger partial charge >= 0.3 is 5.97 Å². The van der Waals surface area contributed by atoms with Gasteiger partial charge in [-0.3, -0.25) is 4.79 Å². The number of aryl methyl sites for hydroxylation is 3. The topological polar surface area (TPSA) is 77.9 Å². The molecule has 37 heavy (non-hydrogen) atoms. The number of hydrogen-bond donors (Lipinski definition) is 1. The van der Waals surface area contributed by atoms with Crippen LogP contribution in [-0.4, -0.2) is 35.9 Å². The van der Waals surface area contributed by atoms with Crippen LogP contribution in [0, 0.1) is 0 Å². The van der Waals surface area contributed by atoms with Crippen LogP contribution in [0.25, 0.3) is 10.6 Å². The van der Waals surface area contributed by atoms with Gasteiger partial charge in [-0.05, 0) is 92.3 Å². The first kappa shape index (κ1) is 25.6. The highest BCUT2D eigenvalue weighted by Crippen LogP contribution is 2.38. The highest BCUT2D eigenvalue weighted by Gasteiger charge is 2.25. The van der Waals surface area contributed by atoms with E-state index >= 15 is 0 Å². The molecule has 0 radical (unpaired) electrons. The minimum Gasteiger partial charge on any atom is -0.493 e. The maximum Gasteiger partial charge on any atom is 0.303 e. The van der Waals surface area contributed by atoms with Crippen LogP contribution in [0.3, 0.4) is 0 Å². The van der Waals surface area contributed by atoms with E-state index in [9.17, 15) is 4.79 Å². The van der Waals surface area contributed by atoms with Crippen LogP contribution >= 0.6 is 11.3 Å². The predicted octanol–water partition coefficient (Wildman–Crippen LogP) is 6.83. The Hall–Kier alpha value is -3.06. The van der Waals surface area contributed by atoms with E-state index in [1.807, 2.05) is 29.5 Å². The van der Waals surface area contributed by atoms with Gasteiger partial charge in [-0.2, -0.15) is 0 Å². The molecule has 0 saturated carbocycles. The van der Waals surface area contributed by atoms with Gasteiger partial charge in [0, 0.05) is 16.9 Å². The molecule has 1 heterocycles. The van der Waals surface area contributed by atoms with Crippen molar-refractivity contribution in [2.24, 2.45) is 0 Å². The molecule has 5 rings (SSSR count). The van der Waals surface area contributed by atoms with Crippen LogP contribution in [0.15, 0.2) is 36.4 Å². The molecule has 0 bridgehead atoms. The fourth-order valence-electron chi connectivity index (χ4n) is 5.19. The fourth-order valence-corrected chi connectivity index (χ4v) is 6.33. The average molecular weight is 522 g/mol. The molecule has 2 aromatic carbocycles. The Morgan fingerprint density at radius 3 is 2.68 bits per heavy atom. The number of carboxylic acid groups (broad SMARTS) is 1. The summed E-state index contributed by atoms with van der Waals surface area (Å²) in [5.74, 6) is 1.73. The summed E-state index contributed by atoms with van der Waals surface area (Å²) >= 11 is 1.81. The smallest absolute Gasteiger partial charge is 0.303 e. The lowest BCUT2D eigenvalue weighted by Crippen LogP contribution is -2.07. The van der Waals surface area contributed by atoms with Gasteiger partial charge in [-0.25, -0.2) is 4.98 Å². The minimum absolute atomic E-state index is 0.117. The summed E-state index contributed by atoms with van der Waals surface area (Å²) in [4.78, 5) is 17.4. The monoisotopic (exact) mass is 521 g/mol. The lowest BCUT2D eigenvalue weighted by Gasteiger charge is -2.14. The molecule has 0 amide bonds. The number of rotatable bonds is 12. The second kappa shape index (κ2) is 12.0. The molecular formula is C30H35NO5S. The maximum atomic E-state index is 11.1. The van der Waals surface area contributed by atoms with Crippen molar-refractivity contribution in [1.29, 1.82) is 0 Å². The quantitative estimate of drug-likeness (QED) is 0.263. The van der Waals surface area contributed by atoms with E-state index in [0.29, 0.717) is 19.8 Å². The number of carboxylic acids is 1. The molecule has 2 aliphatic carbocycles. The standard InChI is InChI=1S/C30H35NO5S/c1-2-14-35-27-18-22(30-31-25-6-3-4-7-28(25)37-30)10-13-26(27)36-16-5-15-34-23-11-12-24-20(17-23)8-9-21(24)19-29(32)33/h10-13,17-18,21H,2-9,14-16,19H2,1H3,(H,32,33)/t21-/m0/s1. The third-order valence-electron chi connectivity index (χ3n) is 7.05. The van der Waals surface area contributed by atoms with Crippen LogP contribution < -0.4 is 14.2 Å². The molecule has 0 fully saturated rings. The number of aromatic nitrogens is 1. The number of aliphatic carboxylic acids is 1. The van der Waals surface area contributed by atoms with E-state index in [1.165, 1.54) is 29.0 Å². The Morgan fingerprint density at radius 2 is 1.84 bits per heavy atom. The van der Waals surface area contributed by atoms with Crippen LogP contribution in [-0.2, 0) is 24.1 Å². The molecule has 7 heteroatoms. The Labute approximate surface area is 222 Å².